The predicted molar refractivity (Wildman–Crippen MR) is 85.5 cm³/mol. The fraction of sp³-hybridized carbons (Fsp3) is 0.333. The minimum atomic E-state index is -0.785. The van der Waals surface area contributed by atoms with Gasteiger partial charge in [0.25, 0.3) is 5.91 Å². The van der Waals surface area contributed by atoms with E-state index >= 15 is 0 Å². The quantitative estimate of drug-likeness (QED) is 0.879. The summed E-state index contributed by atoms with van der Waals surface area (Å²) >= 11 is 0. The molecule has 4 heteroatoms. The van der Waals surface area contributed by atoms with Gasteiger partial charge < -0.3 is 10.1 Å². The average Bonchev–Trinajstić information content (AvgIpc) is 2.45. The molecular formula is C18H19NO3. The molecule has 0 spiro atoms. The molecule has 3 rings (SSSR count). The van der Waals surface area contributed by atoms with E-state index in [1.807, 2.05) is 42.5 Å². The van der Waals surface area contributed by atoms with E-state index in [0.717, 1.165) is 35.7 Å². The number of carbonyl (C=O) groups is 2. The molecular weight excluding hydrogens is 278 g/mol. The van der Waals surface area contributed by atoms with Crippen LogP contribution in [-0.2, 0) is 14.3 Å². The summed E-state index contributed by atoms with van der Waals surface area (Å²) in [7, 11) is 0. The second kappa shape index (κ2) is 6.18. The number of benzene rings is 2. The first kappa shape index (κ1) is 14.6. The Bertz CT molecular complexity index is 701. The normalized spacial score (nSPS) is 15.9. The molecule has 0 saturated heterocycles. The van der Waals surface area contributed by atoms with Crippen molar-refractivity contribution in [2.75, 3.05) is 5.32 Å². The molecule has 1 amide bonds. The Kier molecular flexibility index (Phi) is 4.09. The molecule has 4 nitrogen and oxygen atoms in total. The van der Waals surface area contributed by atoms with Gasteiger partial charge in [-0.2, -0.15) is 0 Å². The highest BCUT2D eigenvalue weighted by molar-refractivity contribution is 6.03. The van der Waals surface area contributed by atoms with Gasteiger partial charge in [-0.25, -0.2) is 0 Å². The lowest BCUT2D eigenvalue weighted by molar-refractivity contribution is -0.159. The lowest BCUT2D eigenvalue weighted by Crippen LogP contribution is -2.34. The molecule has 0 aromatic heterocycles. The predicted octanol–water partition coefficient (Wildman–Crippen LogP) is 3.51. The standard InChI is InChI=1S/C18H19NO3/c1-12(22-18(21)14-8-4-9-14)17(20)19-16-11-5-7-13-6-2-3-10-15(13)16/h2-3,5-7,10-12,14H,4,8-9H2,1H3,(H,19,20). The monoisotopic (exact) mass is 297 g/mol. The van der Waals surface area contributed by atoms with E-state index in [1.54, 1.807) is 6.92 Å². The lowest BCUT2D eigenvalue weighted by Gasteiger charge is -2.25. The van der Waals surface area contributed by atoms with E-state index in [4.69, 9.17) is 4.74 Å². The first-order valence-corrected chi connectivity index (χ1v) is 7.64. The highest BCUT2D eigenvalue weighted by Crippen LogP contribution is 2.28. The molecule has 1 fully saturated rings. The second-order valence-electron chi connectivity index (χ2n) is 5.72. The van der Waals surface area contributed by atoms with Crippen LogP contribution in [0.3, 0.4) is 0 Å². The van der Waals surface area contributed by atoms with Crippen LogP contribution in [0.4, 0.5) is 5.69 Å². The minimum absolute atomic E-state index is 0.0206. The van der Waals surface area contributed by atoms with Crippen LogP contribution in [0.25, 0.3) is 10.8 Å². The fourth-order valence-electron chi connectivity index (χ4n) is 2.54. The van der Waals surface area contributed by atoms with Gasteiger partial charge in [0, 0.05) is 11.1 Å². The van der Waals surface area contributed by atoms with Crippen molar-refractivity contribution in [3.63, 3.8) is 0 Å². The Morgan fingerprint density at radius 3 is 2.59 bits per heavy atom. The van der Waals surface area contributed by atoms with E-state index in [2.05, 4.69) is 5.32 Å². The number of fused-ring (bicyclic) bond motifs is 1. The van der Waals surface area contributed by atoms with Crippen LogP contribution in [0.1, 0.15) is 26.2 Å². The largest absolute Gasteiger partial charge is 0.452 e. The third kappa shape index (κ3) is 2.96. The van der Waals surface area contributed by atoms with E-state index in [1.165, 1.54) is 0 Å². The van der Waals surface area contributed by atoms with Crippen molar-refractivity contribution < 1.29 is 14.3 Å². The summed E-state index contributed by atoms with van der Waals surface area (Å²) in [6.07, 6.45) is 2.02. The molecule has 0 bridgehead atoms. The van der Waals surface area contributed by atoms with Crippen LogP contribution in [0, 0.1) is 5.92 Å². The maximum atomic E-state index is 12.2. The summed E-state index contributed by atoms with van der Waals surface area (Å²) in [6, 6.07) is 13.6. The Hall–Kier alpha value is -2.36. The Balaban J connectivity index is 1.68. The number of anilines is 1. The summed E-state index contributed by atoms with van der Waals surface area (Å²) in [5.41, 5.74) is 0.731. The van der Waals surface area contributed by atoms with Crippen LogP contribution < -0.4 is 5.32 Å². The van der Waals surface area contributed by atoms with Crippen LogP contribution in [0.2, 0.25) is 0 Å². The van der Waals surface area contributed by atoms with Crippen molar-refractivity contribution >= 4 is 28.3 Å². The number of hydrogen-bond acceptors (Lipinski definition) is 3. The molecule has 0 aliphatic heterocycles. The molecule has 1 N–H and O–H groups in total. The van der Waals surface area contributed by atoms with Crippen LogP contribution in [-0.4, -0.2) is 18.0 Å². The Labute approximate surface area is 129 Å². The Morgan fingerprint density at radius 1 is 1.14 bits per heavy atom. The zero-order valence-corrected chi connectivity index (χ0v) is 12.5. The van der Waals surface area contributed by atoms with Gasteiger partial charge in [0.05, 0.1) is 5.92 Å². The van der Waals surface area contributed by atoms with Gasteiger partial charge in [-0.05, 0) is 31.2 Å². The zero-order chi connectivity index (χ0) is 15.5. The molecule has 0 radical (unpaired) electrons. The maximum Gasteiger partial charge on any atom is 0.309 e. The fourth-order valence-corrected chi connectivity index (χ4v) is 2.54. The third-order valence-electron chi connectivity index (χ3n) is 4.15. The first-order valence-electron chi connectivity index (χ1n) is 7.64. The van der Waals surface area contributed by atoms with Crippen LogP contribution in [0.5, 0.6) is 0 Å². The SMILES string of the molecule is CC(OC(=O)C1CCC1)C(=O)Nc1cccc2ccccc12. The van der Waals surface area contributed by atoms with Crippen LogP contribution >= 0.6 is 0 Å². The number of amides is 1. The molecule has 1 aliphatic carbocycles. The Morgan fingerprint density at radius 2 is 1.86 bits per heavy atom. The number of rotatable bonds is 4. The van der Waals surface area contributed by atoms with Gasteiger partial charge in [0.1, 0.15) is 0 Å². The van der Waals surface area contributed by atoms with Crippen molar-refractivity contribution in [2.45, 2.75) is 32.3 Å². The van der Waals surface area contributed by atoms with E-state index in [0.29, 0.717) is 0 Å². The summed E-state index contributed by atoms with van der Waals surface area (Å²) < 4.78 is 5.25. The van der Waals surface area contributed by atoms with E-state index in [-0.39, 0.29) is 17.8 Å². The second-order valence-corrected chi connectivity index (χ2v) is 5.72. The number of nitrogens with one attached hydrogen (secondary N) is 1. The molecule has 0 heterocycles. The minimum Gasteiger partial charge on any atom is -0.452 e. The third-order valence-corrected chi connectivity index (χ3v) is 4.15. The van der Waals surface area contributed by atoms with Gasteiger partial charge in [0.2, 0.25) is 0 Å². The molecule has 1 saturated carbocycles. The van der Waals surface area contributed by atoms with Crippen LogP contribution in [0.15, 0.2) is 42.5 Å². The number of esters is 1. The van der Waals surface area contributed by atoms with E-state index in [9.17, 15) is 9.59 Å². The summed E-state index contributed by atoms with van der Waals surface area (Å²) in [5.74, 6) is -0.580. The molecule has 114 valence electrons. The van der Waals surface area contributed by atoms with Gasteiger partial charge >= 0.3 is 5.97 Å². The molecule has 1 aliphatic rings. The summed E-state index contributed by atoms with van der Waals surface area (Å²) in [6.45, 7) is 1.61. The highest BCUT2D eigenvalue weighted by atomic mass is 16.5. The van der Waals surface area contributed by atoms with Gasteiger partial charge in [0.15, 0.2) is 6.10 Å². The topological polar surface area (TPSA) is 55.4 Å². The molecule has 1 unspecified atom stereocenters. The molecule has 1 atom stereocenters. The van der Waals surface area contributed by atoms with Gasteiger partial charge in [-0.1, -0.05) is 42.8 Å². The molecule has 22 heavy (non-hydrogen) atoms. The van der Waals surface area contributed by atoms with E-state index < -0.39 is 6.10 Å². The average molecular weight is 297 g/mol. The number of ether oxygens (including phenoxy) is 1. The van der Waals surface area contributed by atoms with Gasteiger partial charge in [-0.3, -0.25) is 9.59 Å². The van der Waals surface area contributed by atoms with Crippen molar-refractivity contribution in [3.8, 4) is 0 Å². The van der Waals surface area contributed by atoms with Gasteiger partial charge in [-0.15, -0.1) is 0 Å². The maximum absolute atomic E-state index is 12.2. The summed E-state index contributed by atoms with van der Waals surface area (Å²) in [4.78, 5) is 24.0. The number of hydrogen-bond donors (Lipinski definition) is 1. The highest BCUT2D eigenvalue weighted by Gasteiger charge is 2.29. The molecule has 2 aromatic carbocycles. The summed E-state index contributed by atoms with van der Waals surface area (Å²) in [5, 5.41) is 4.87. The van der Waals surface area contributed by atoms with Crippen molar-refractivity contribution in [1.82, 2.24) is 0 Å². The first-order chi connectivity index (χ1) is 10.6. The smallest absolute Gasteiger partial charge is 0.309 e. The lowest BCUT2D eigenvalue weighted by atomic mass is 9.86. The van der Waals surface area contributed by atoms with Crippen molar-refractivity contribution in [1.29, 1.82) is 0 Å². The number of carbonyl (C=O) groups excluding carboxylic acids is 2. The zero-order valence-electron chi connectivity index (χ0n) is 12.5. The molecule has 2 aromatic rings. The van der Waals surface area contributed by atoms with Crippen molar-refractivity contribution in [2.24, 2.45) is 5.92 Å². The van der Waals surface area contributed by atoms with Crippen molar-refractivity contribution in [3.05, 3.63) is 42.5 Å².